The number of carbonyl (C=O) groups is 1. The maximum absolute atomic E-state index is 12.8. The van der Waals surface area contributed by atoms with E-state index in [0.717, 1.165) is 0 Å². The molecule has 0 heterocycles. The van der Waals surface area contributed by atoms with Crippen molar-refractivity contribution in [2.45, 2.75) is 11.3 Å². The predicted octanol–water partition coefficient (Wildman–Crippen LogP) is 2.28. The fraction of sp³-hybridized carbons (Fsp3) is 0.278. The van der Waals surface area contributed by atoms with Gasteiger partial charge in [0.05, 0.1) is 10.6 Å². The highest BCUT2D eigenvalue weighted by atomic mass is 32.2. The van der Waals surface area contributed by atoms with Crippen molar-refractivity contribution in [1.29, 1.82) is 0 Å². The monoisotopic (exact) mass is 362 g/mol. The summed E-state index contributed by atoms with van der Waals surface area (Å²) in [6.07, 6.45) is 0.691. The molecule has 1 amide bonds. The minimum absolute atomic E-state index is 0.0726. The highest BCUT2D eigenvalue weighted by Crippen LogP contribution is 2.22. The van der Waals surface area contributed by atoms with Gasteiger partial charge in [0.25, 0.3) is 15.9 Å². The van der Waals surface area contributed by atoms with Crippen LogP contribution in [0.4, 0.5) is 5.69 Å². The van der Waals surface area contributed by atoms with Crippen LogP contribution in [0.15, 0.2) is 59.5 Å². The van der Waals surface area contributed by atoms with Gasteiger partial charge in [0.15, 0.2) is 0 Å². The number of carbonyl (C=O) groups excluding carboxylic acids is 1. The van der Waals surface area contributed by atoms with E-state index in [-0.39, 0.29) is 10.8 Å². The van der Waals surface area contributed by atoms with Crippen molar-refractivity contribution in [3.8, 4) is 0 Å². The molecule has 0 spiro atoms. The number of amides is 1. The first-order valence-corrected chi connectivity index (χ1v) is 9.32. The third-order valence-electron chi connectivity index (χ3n) is 3.69. The first-order chi connectivity index (χ1) is 12.0. The number of para-hydroxylation sites is 1. The molecular formula is C18H22N2O4S. The largest absolute Gasteiger partial charge is 0.385 e. The summed E-state index contributed by atoms with van der Waals surface area (Å²) >= 11 is 0. The summed E-state index contributed by atoms with van der Waals surface area (Å²) in [5, 5.41) is 2.75. The summed E-state index contributed by atoms with van der Waals surface area (Å²) < 4.78 is 31.7. The van der Waals surface area contributed by atoms with Gasteiger partial charge in [-0.05, 0) is 36.8 Å². The number of hydrogen-bond donors (Lipinski definition) is 1. The summed E-state index contributed by atoms with van der Waals surface area (Å²) in [6, 6.07) is 14.8. The van der Waals surface area contributed by atoms with Crippen LogP contribution < -0.4 is 9.62 Å². The molecule has 7 heteroatoms. The number of nitrogens with one attached hydrogen (secondary N) is 1. The van der Waals surface area contributed by atoms with Crippen LogP contribution in [0.1, 0.15) is 16.8 Å². The number of methoxy groups -OCH3 is 1. The number of benzene rings is 2. The van der Waals surface area contributed by atoms with Gasteiger partial charge in [-0.25, -0.2) is 8.42 Å². The maximum Gasteiger partial charge on any atom is 0.264 e. The Morgan fingerprint density at radius 1 is 1.12 bits per heavy atom. The minimum Gasteiger partial charge on any atom is -0.385 e. The zero-order chi connectivity index (χ0) is 18.3. The number of anilines is 1. The Morgan fingerprint density at radius 2 is 1.84 bits per heavy atom. The molecule has 2 rings (SSSR count). The third kappa shape index (κ3) is 4.80. The molecule has 0 atom stereocenters. The van der Waals surface area contributed by atoms with Crippen LogP contribution in [0.2, 0.25) is 0 Å². The Kier molecular flexibility index (Phi) is 6.55. The van der Waals surface area contributed by atoms with Gasteiger partial charge in [0, 0.05) is 32.9 Å². The summed E-state index contributed by atoms with van der Waals surface area (Å²) in [6.45, 7) is 1.02. The van der Waals surface area contributed by atoms with E-state index in [2.05, 4.69) is 5.32 Å². The lowest BCUT2D eigenvalue weighted by Gasteiger charge is -2.19. The number of rotatable bonds is 8. The lowest BCUT2D eigenvalue weighted by atomic mass is 10.2. The van der Waals surface area contributed by atoms with Gasteiger partial charge in [-0.3, -0.25) is 9.10 Å². The molecule has 0 aliphatic heterocycles. The molecule has 0 aliphatic rings. The molecular weight excluding hydrogens is 340 g/mol. The zero-order valence-electron chi connectivity index (χ0n) is 14.3. The molecule has 1 N–H and O–H groups in total. The Bertz CT molecular complexity index is 807. The second-order valence-electron chi connectivity index (χ2n) is 5.44. The van der Waals surface area contributed by atoms with Crippen molar-refractivity contribution in [3.05, 3.63) is 60.2 Å². The van der Waals surface area contributed by atoms with E-state index in [9.17, 15) is 13.2 Å². The highest BCUT2D eigenvalue weighted by Gasteiger charge is 2.22. The molecule has 134 valence electrons. The summed E-state index contributed by atoms with van der Waals surface area (Å²) in [4.78, 5) is 12.2. The van der Waals surface area contributed by atoms with Gasteiger partial charge in [-0.2, -0.15) is 0 Å². The van der Waals surface area contributed by atoms with E-state index in [1.807, 2.05) is 6.07 Å². The molecule has 0 aromatic heterocycles. The molecule has 2 aromatic rings. The van der Waals surface area contributed by atoms with Crippen molar-refractivity contribution in [1.82, 2.24) is 5.32 Å². The molecule has 6 nitrogen and oxygen atoms in total. The lowest BCUT2D eigenvalue weighted by Crippen LogP contribution is -2.28. The van der Waals surface area contributed by atoms with Crippen LogP contribution in [0, 0.1) is 0 Å². The standard InChI is InChI=1S/C18H22N2O4S/c1-20(16-9-4-3-5-10-16)25(22,23)17-11-6-8-15(14-17)18(21)19-12-7-13-24-2/h3-6,8-11,14H,7,12-13H2,1-2H3,(H,19,21). The molecule has 0 aliphatic carbocycles. The number of nitrogens with zero attached hydrogens (tertiary/aromatic N) is 1. The maximum atomic E-state index is 12.8. The van der Waals surface area contributed by atoms with Gasteiger partial charge < -0.3 is 10.1 Å². The molecule has 0 unspecified atom stereocenters. The van der Waals surface area contributed by atoms with Crippen LogP contribution in [-0.4, -0.2) is 41.6 Å². The normalized spacial score (nSPS) is 11.1. The lowest BCUT2D eigenvalue weighted by molar-refractivity contribution is 0.0948. The van der Waals surface area contributed by atoms with E-state index in [1.165, 1.54) is 23.5 Å². The summed E-state index contributed by atoms with van der Waals surface area (Å²) in [5.41, 5.74) is 0.858. The van der Waals surface area contributed by atoms with E-state index in [1.54, 1.807) is 43.5 Å². The highest BCUT2D eigenvalue weighted by molar-refractivity contribution is 7.92. The smallest absolute Gasteiger partial charge is 0.264 e. The molecule has 0 saturated heterocycles. The Labute approximate surface area is 148 Å². The molecule has 0 fully saturated rings. The van der Waals surface area contributed by atoms with Crippen molar-refractivity contribution in [3.63, 3.8) is 0 Å². The molecule has 2 aromatic carbocycles. The first kappa shape index (κ1) is 19.0. The van der Waals surface area contributed by atoms with E-state index < -0.39 is 10.0 Å². The molecule has 0 radical (unpaired) electrons. The van der Waals surface area contributed by atoms with Gasteiger partial charge >= 0.3 is 0 Å². The SMILES string of the molecule is COCCCNC(=O)c1cccc(S(=O)(=O)N(C)c2ccccc2)c1. The number of ether oxygens (including phenoxy) is 1. The quantitative estimate of drug-likeness (QED) is 0.731. The predicted molar refractivity (Wildman–Crippen MR) is 97.3 cm³/mol. The van der Waals surface area contributed by atoms with E-state index in [0.29, 0.717) is 30.8 Å². The van der Waals surface area contributed by atoms with Crippen LogP contribution in [-0.2, 0) is 14.8 Å². The summed E-state index contributed by atoms with van der Waals surface area (Å²) in [5.74, 6) is -0.310. The Balaban J connectivity index is 2.18. The van der Waals surface area contributed by atoms with Crippen molar-refractivity contribution < 1.29 is 17.9 Å². The third-order valence-corrected chi connectivity index (χ3v) is 5.47. The Hall–Kier alpha value is -2.38. The van der Waals surface area contributed by atoms with Crippen molar-refractivity contribution >= 4 is 21.6 Å². The van der Waals surface area contributed by atoms with Crippen LogP contribution in [0.25, 0.3) is 0 Å². The fourth-order valence-electron chi connectivity index (χ4n) is 2.25. The average molecular weight is 362 g/mol. The number of sulfonamides is 1. The Morgan fingerprint density at radius 3 is 2.52 bits per heavy atom. The molecule has 0 bridgehead atoms. The number of hydrogen-bond acceptors (Lipinski definition) is 4. The fourth-order valence-corrected chi connectivity index (χ4v) is 3.50. The van der Waals surface area contributed by atoms with E-state index >= 15 is 0 Å². The van der Waals surface area contributed by atoms with Gasteiger partial charge in [-0.15, -0.1) is 0 Å². The van der Waals surface area contributed by atoms with Crippen LogP contribution >= 0.6 is 0 Å². The van der Waals surface area contributed by atoms with Crippen LogP contribution in [0.5, 0.6) is 0 Å². The minimum atomic E-state index is -3.74. The van der Waals surface area contributed by atoms with Gasteiger partial charge in [-0.1, -0.05) is 24.3 Å². The van der Waals surface area contributed by atoms with Crippen molar-refractivity contribution in [2.24, 2.45) is 0 Å². The molecule has 0 saturated carbocycles. The topological polar surface area (TPSA) is 75.7 Å². The summed E-state index contributed by atoms with van der Waals surface area (Å²) in [7, 11) is -0.659. The van der Waals surface area contributed by atoms with Gasteiger partial charge in [0.2, 0.25) is 0 Å². The average Bonchev–Trinajstić information content (AvgIpc) is 2.65. The zero-order valence-corrected chi connectivity index (χ0v) is 15.1. The van der Waals surface area contributed by atoms with Crippen molar-refractivity contribution in [2.75, 3.05) is 31.6 Å². The second-order valence-corrected chi connectivity index (χ2v) is 7.41. The molecule has 25 heavy (non-hydrogen) atoms. The van der Waals surface area contributed by atoms with Crippen LogP contribution in [0.3, 0.4) is 0 Å². The van der Waals surface area contributed by atoms with Gasteiger partial charge in [0.1, 0.15) is 0 Å². The second kappa shape index (κ2) is 8.64. The van der Waals surface area contributed by atoms with E-state index in [4.69, 9.17) is 4.74 Å². The first-order valence-electron chi connectivity index (χ1n) is 7.88.